The topological polar surface area (TPSA) is 108 Å². The number of rotatable bonds is 6. The van der Waals surface area contributed by atoms with E-state index in [1.165, 1.54) is 43.5 Å². The van der Waals surface area contributed by atoms with Gasteiger partial charge in [-0.1, -0.05) is 12.1 Å². The van der Waals surface area contributed by atoms with E-state index < -0.39 is 15.9 Å². The molecule has 0 saturated carbocycles. The van der Waals surface area contributed by atoms with Gasteiger partial charge in [-0.15, -0.1) is 0 Å². The fourth-order valence-corrected chi connectivity index (χ4v) is 3.60. The zero-order chi connectivity index (χ0) is 20.9. The molecule has 0 atom stereocenters. The highest BCUT2D eigenvalue weighted by atomic mass is 32.2. The number of para-hydroxylation sites is 1. The van der Waals surface area contributed by atoms with Gasteiger partial charge in [0.1, 0.15) is 11.8 Å². The summed E-state index contributed by atoms with van der Waals surface area (Å²) in [6.45, 7) is 0. The number of hydrogen-bond acceptors (Lipinski definition) is 5. The molecule has 0 bridgehead atoms. The van der Waals surface area contributed by atoms with Gasteiger partial charge in [-0.05, 0) is 60.7 Å². The van der Waals surface area contributed by atoms with Crippen LogP contribution in [0.25, 0.3) is 0 Å². The quantitative estimate of drug-likeness (QED) is 0.649. The molecule has 0 aromatic heterocycles. The van der Waals surface area contributed by atoms with E-state index in [-0.39, 0.29) is 4.90 Å². The highest BCUT2D eigenvalue weighted by molar-refractivity contribution is 7.92. The Morgan fingerprint density at radius 2 is 1.62 bits per heavy atom. The van der Waals surface area contributed by atoms with Gasteiger partial charge in [0.25, 0.3) is 15.9 Å². The molecule has 0 fully saturated rings. The van der Waals surface area contributed by atoms with Gasteiger partial charge >= 0.3 is 0 Å². The third-order valence-electron chi connectivity index (χ3n) is 4.06. The largest absolute Gasteiger partial charge is 0.497 e. The highest BCUT2D eigenvalue weighted by Gasteiger charge is 2.15. The molecule has 1 amide bonds. The van der Waals surface area contributed by atoms with Crippen molar-refractivity contribution in [1.29, 1.82) is 5.26 Å². The third kappa shape index (κ3) is 4.72. The van der Waals surface area contributed by atoms with Gasteiger partial charge in [-0.25, -0.2) is 8.42 Å². The summed E-state index contributed by atoms with van der Waals surface area (Å²) in [7, 11) is -2.27. The third-order valence-corrected chi connectivity index (χ3v) is 5.46. The van der Waals surface area contributed by atoms with Crippen LogP contribution in [0.4, 0.5) is 11.4 Å². The molecule has 0 saturated heterocycles. The second-order valence-corrected chi connectivity index (χ2v) is 7.65. The lowest BCUT2D eigenvalue weighted by atomic mass is 10.1. The van der Waals surface area contributed by atoms with E-state index in [2.05, 4.69) is 10.0 Å². The Balaban J connectivity index is 1.72. The molecule has 0 aliphatic heterocycles. The first-order valence-electron chi connectivity index (χ1n) is 8.50. The standard InChI is InChI=1S/C21H17N3O4S/c1-28-18-10-12-19(13-11-18)29(26,27)24-17-8-6-15(7-9-17)21(25)23-20-5-3-2-4-16(20)14-22/h2-13,24H,1H3,(H,23,25). The van der Waals surface area contributed by atoms with Gasteiger partial charge in [0, 0.05) is 11.3 Å². The van der Waals surface area contributed by atoms with E-state index in [0.717, 1.165) is 0 Å². The number of nitrogens with zero attached hydrogens (tertiary/aromatic N) is 1. The average Bonchev–Trinajstić information content (AvgIpc) is 2.74. The molecule has 0 unspecified atom stereocenters. The van der Waals surface area contributed by atoms with E-state index in [9.17, 15) is 13.2 Å². The van der Waals surface area contributed by atoms with Gasteiger partial charge in [-0.2, -0.15) is 5.26 Å². The Morgan fingerprint density at radius 1 is 0.966 bits per heavy atom. The zero-order valence-corrected chi connectivity index (χ0v) is 16.2. The lowest BCUT2D eigenvalue weighted by molar-refractivity contribution is 0.102. The minimum atomic E-state index is -3.77. The van der Waals surface area contributed by atoms with Gasteiger partial charge in [0.2, 0.25) is 0 Å². The Labute approximate surface area is 168 Å². The maximum Gasteiger partial charge on any atom is 0.261 e. The smallest absolute Gasteiger partial charge is 0.261 e. The number of nitrogens with one attached hydrogen (secondary N) is 2. The molecular weight excluding hydrogens is 390 g/mol. The number of carbonyl (C=O) groups excluding carboxylic acids is 1. The minimum Gasteiger partial charge on any atom is -0.497 e. The maximum atomic E-state index is 12.5. The van der Waals surface area contributed by atoms with Crippen molar-refractivity contribution in [2.75, 3.05) is 17.1 Å². The number of hydrogen-bond donors (Lipinski definition) is 2. The molecule has 0 aliphatic carbocycles. The molecule has 2 N–H and O–H groups in total. The predicted octanol–water partition coefficient (Wildman–Crippen LogP) is 3.62. The van der Waals surface area contributed by atoms with Gasteiger partial charge in [0.15, 0.2) is 0 Å². The number of anilines is 2. The van der Waals surface area contributed by atoms with Crippen molar-refractivity contribution >= 4 is 27.3 Å². The van der Waals surface area contributed by atoms with Gasteiger partial charge in [-0.3, -0.25) is 9.52 Å². The van der Waals surface area contributed by atoms with Crippen LogP contribution in [0.15, 0.2) is 77.7 Å². The summed E-state index contributed by atoms with van der Waals surface area (Å²) in [6.07, 6.45) is 0. The number of amides is 1. The molecule has 8 heteroatoms. The Hall–Kier alpha value is -3.83. The van der Waals surface area contributed by atoms with Crippen LogP contribution in [0.1, 0.15) is 15.9 Å². The van der Waals surface area contributed by atoms with E-state index in [4.69, 9.17) is 10.00 Å². The number of carbonyl (C=O) groups is 1. The van der Waals surface area contributed by atoms with Crippen molar-refractivity contribution in [3.05, 3.63) is 83.9 Å². The van der Waals surface area contributed by atoms with Crippen molar-refractivity contribution in [3.8, 4) is 11.8 Å². The van der Waals surface area contributed by atoms with Crippen LogP contribution in [-0.4, -0.2) is 21.4 Å². The Bertz CT molecular complexity index is 1170. The zero-order valence-electron chi connectivity index (χ0n) is 15.4. The van der Waals surface area contributed by atoms with E-state index in [1.807, 2.05) is 6.07 Å². The van der Waals surface area contributed by atoms with Crippen LogP contribution in [0.5, 0.6) is 5.75 Å². The Morgan fingerprint density at radius 3 is 2.24 bits per heavy atom. The average molecular weight is 407 g/mol. The molecule has 0 aliphatic rings. The Kier molecular flexibility index (Phi) is 5.81. The SMILES string of the molecule is COc1ccc(S(=O)(=O)Nc2ccc(C(=O)Nc3ccccc3C#N)cc2)cc1. The predicted molar refractivity (Wildman–Crippen MR) is 109 cm³/mol. The fraction of sp³-hybridized carbons (Fsp3) is 0.0476. The summed E-state index contributed by atoms with van der Waals surface area (Å²) in [5.74, 6) is 0.148. The summed E-state index contributed by atoms with van der Waals surface area (Å²) >= 11 is 0. The van der Waals surface area contributed by atoms with Crippen molar-refractivity contribution < 1.29 is 17.9 Å². The second kappa shape index (κ2) is 8.46. The number of benzene rings is 3. The van der Waals surface area contributed by atoms with Crippen LogP contribution >= 0.6 is 0 Å². The first kappa shape index (κ1) is 19.9. The molecule has 3 rings (SSSR count). The first-order chi connectivity index (χ1) is 13.9. The van der Waals surface area contributed by atoms with Crippen LogP contribution in [0.2, 0.25) is 0 Å². The van der Waals surface area contributed by atoms with Gasteiger partial charge < -0.3 is 10.1 Å². The van der Waals surface area contributed by atoms with Crippen molar-refractivity contribution in [2.24, 2.45) is 0 Å². The van der Waals surface area contributed by atoms with Crippen molar-refractivity contribution in [2.45, 2.75) is 4.90 Å². The normalized spacial score (nSPS) is 10.6. The van der Waals surface area contributed by atoms with Crippen LogP contribution in [0, 0.1) is 11.3 Å². The second-order valence-electron chi connectivity index (χ2n) is 5.97. The lowest BCUT2D eigenvalue weighted by Crippen LogP contribution is -2.14. The van der Waals surface area contributed by atoms with Crippen LogP contribution in [-0.2, 0) is 10.0 Å². The summed E-state index contributed by atoms with van der Waals surface area (Å²) in [5, 5.41) is 11.8. The molecule has 3 aromatic rings. The van der Waals surface area contributed by atoms with E-state index in [1.54, 1.807) is 36.4 Å². The van der Waals surface area contributed by atoms with Crippen molar-refractivity contribution in [3.63, 3.8) is 0 Å². The molecule has 0 radical (unpaired) electrons. The van der Waals surface area contributed by atoms with E-state index in [0.29, 0.717) is 28.3 Å². The number of methoxy groups -OCH3 is 1. The fourth-order valence-electron chi connectivity index (χ4n) is 2.54. The number of ether oxygens (including phenoxy) is 1. The summed E-state index contributed by atoms with van der Waals surface area (Å²) in [5.41, 5.74) is 1.40. The molecule has 7 nitrogen and oxygen atoms in total. The number of nitriles is 1. The molecule has 0 heterocycles. The molecular formula is C21H17N3O4S. The van der Waals surface area contributed by atoms with Crippen molar-refractivity contribution in [1.82, 2.24) is 0 Å². The summed E-state index contributed by atoms with van der Waals surface area (Å²) < 4.78 is 32.4. The lowest BCUT2D eigenvalue weighted by Gasteiger charge is -2.10. The molecule has 0 spiro atoms. The van der Waals surface area contributed by atoms with E-state index >= 15 is 0 Å². The maximum absolute atomic E-state index is 12.5. The summed E-state index contributed by atoms with van der Waals surface area (Å²) in [4.78, 5) is 12.5. The molecule has 29 heavy (non-hydrogen) atoms. The molecule has 3 aromatic carbocycles. The van der Waals surface area contributed by atoms with Gasteiger partial charge in [0.05, 0.1) is 23.3 Å². The highest BCUT2D eigenvalue weighted by Crippen LogP contribution is 2.20. The first-order valence-corrected chi connectivity index (χ1v) is 9.98. The summed E-state index contributed by atoms with van der Waals surface area (Å²) in [6, 6.07) is 20.6. The monoisotopic (exact) mass is 407 g/mol. The molecule has 146 valence electrons. The van der Waals surface area contributed by atoms with Crippen LogP contribution < -0.4 is 14.8 Å². The minimum absolute atomic E-state index is 0.0910. The number of sulfonamides is 1. The van der Waals surface area contributed by atoms with Crippen LogP contribution in [0.3, 0.4) is 0 Å².